The molecule has 0 atom stereocenters. The fourth-order valence-corrected chi connectivity index (χ4v) is 5.24. The van der Waals surface area contributed by atoms with Crippen molar-refractivity contribution in [1.82, 2.24) is 19.2 Å². The Balaban J connectivity index is 1.14. The third kappa shape index (κ3) is 5.43. The number of thioether (sulfide) groups is 1. The van der Waals surface area contributed by atoms with E-state index >= 15 is 0 Å². The van der Waals surface area contributed by atoms with Gasteiger partial charge in [-0.1, -0.05) is 18.2 Å². The molecule has 0 spiro atoms. The van der Waals surface area contributed by atoms with Crippen molar-refractivity contribution in [2.45, 2.75) is 12.2 Å². The molecule has 4 aromatic rings. The van der Waals surface area contributed by atoms with Crippen LogP contribution in [0.4, 0.5) is 10.1 Å². The van der Waals surface area contributed by atoms with E-state index < -0.39 is 0 Å². The summed E-state index contributed by atoms with van der Waals surface area (Å²) in [5, 5.41) is 4.65. The predicted molar refractivity (Wildman–Crippen MR) is 139 cm³/mol. The van der Waals surface area contributed by atoms with Crippen molar-refractivity contribution in [1.29, 1.82) is 0 Å². The van der Waals surface area contributed by atoms with Gasteiger partial charge in [0.1, 0.15) is 11.6 Å². The van der Waals surface area contributed by atoms with E-state index in [1.807, 2.05) is 70.6 Å². The molecule has 1 aliphatic rings. The SMILES string of the molecule is O=C(CCSCc1cnn(-c2ccccc2)c1-n1cccc1)N1CCN(c2ccc(F)cc2)CC1. The van der Waals surface area contributed by atoms with Gasteiger partial charge in [0.15, 0.2) is 0 Å². The summed E-state index contributed by atoms with van der Waals surface area (Å²) in [5.41, 5.74) is 3.15. The molecule has 1 fully saturated rings. The van der Waals surface area contributed by atoms with Gasteiger partial charge < -0.3 is 14.4 Å². The van der Waals surface area contributed by atoms with E-state index in [1.54, 1.807) is 23.9 Å². The van der Waals surface area contributed by atoms with Gasteiger partial charge in [-0.2, -0.15) is 16.9 Å². The Bertz CT molecular complexity index is 1230. The molecule has 5 rings (SSSR count). The number of benzene rings is 2. The number of halogens is 1. The summed E-state index contributed by atoms with van der Waals surface area (Å²) in [7, 11) is 0. The molecule has 0 radical (unpaired) electrons. The first-order valence-corrected chi connectivity index (χ1v) is 13.0. The fraction of sp³-hybridized carbons (Fsp3) is 0.259. The number of carbonyl (C=O) groups excluding carboxylic acids is 1. The highest BCUT2D eigenvalue weighted by molar-refractivity contribution is 7.98. The zero-order chi connectivity index (χ0) is 24.0. The van der Waals surface area contributed by atoms with E-state index in [-0.39, 0.29) is 11.7 Å². The van der Waals surface area contributed by atoms with Gasteiger partial charge in [-0.3, -0.25) is 4.79 Å². The predicted octanol–water partition coefficient (Wildman–Crippen LogP) is 4.77. The normalized spacial score (nSPS) is 13.9. The number of hydrogen-bond acceptors (Lipinski definition) is 4. The summed E-state index contributed by atoms with van der Waals surface area (Å²) in [6, 6.07) is 20.7. The fourth-order valence-electron chi connectivity index (χ4n) is 4.35. The lowest BCUT2D eigenvalue weighted by Crippen LogP contribution is -2.48. The zero-order valence-corrected chi connectivity index (χ0v) is 20.3. The third-order valence-electron chi connectivity index (χ3n) is 6.21. The molecule has 0 bridgehead atoms. The van der Waals surface area contributed by atoms with E-state index in [0.29, 0.717) is 19.5 Å². The molecule has 8 heteroatoms. The molecule has 0 N–H and O–H groups in total. The van der Waals surface area contributed by atoms with Gasteiger partial charge in [0.05, 0.1) is 11.9 Å². The van der Waals surface area contributed by atoms with Crippen LogP contribution in [0.15, 0.2) is 85.3 Å². The van der Waals surface area contributed by atoms with Gasteiger partial charge in [-0.05, 0) is 48.5 Å². The van der Waals surface area contributed by atoms with E-state index in [0.717, 1.165) is 47.4 Å². The monoisotopic (exact) mass is 489 g/mol. The molecule has 0 unspecified atom stereocenters. The topological polar surface area (TPSA) is 46.3 Å². The molecule has 2 aromatic carbocycles. The van der Waals surface area contributed by atoms with Crippen LogP contribution >= 0.6 is 11.8 Å². The lowest BCUT2D eigenvalue weighted by atomic mass is 10.2. The number of para-hydroxylation sites is 1. The van der Waals surface area contributed by atoms with E-state index in [1.165, 1.54) is 12.1 Å². The molecule has 180 valence electrons. The van der Waals surface area contributed by atoms with Crippen molar-refractivity contribution in [3.8, 4) is 11.5 Å². The number of aromatic nitrogens is 3. The lowest BCUT2D eigenvalue weighted by Gasteiger charge is -2.36. The minimum absolute atomic E-state index is 0.196. The van der Waals surface area contributed by atoms with E-state index in [4.69, 9.17) is 0 Å². The second-order valence-electron chi connectivity index (χ2n) is 8.48. The third-order valence-corrected chi connectivity index (χ3v) is 7.22. The van der Waals surface area contributed by atoms with Crippen LogP contribution in [-0.2, 0) is 10.5 Å². The number of nitrogens with zero attached hydrogens (tertiary/aromatic N) is 5. The number of amides is 1. The summed E-state index contributed by atoms with van der Waals surface area (Å²) in [5.74, 6) is 2.54. The van der Waals surface area contributed by atoms with Crippen LogP contribution in [0, 0.1) is 5.82 Å². The highest BCUT2D eigenvalue weighted by atomic mass is 32.2. The molecular formula is C27H28FN5OS. The highest BCUT2D eigenvalue weighted by Gasteiger charge is 2.21. The van der Waals surface area contributed by atoms with Crippen LogP contribution in [0.25, 0.3) is 11.5 Å². The molecule has 35 heavy (non-hydrogen) atoms. The van der Waals surface area contributed by atoms with E-state index in [9.17, 15) is 9.18 Å². The minimum Gasteiger partial charge on any atom is -0.368 e. The highest BCUT2D eigenvalue weighted by Crippen LogP contribution is 2.24. The van der Waals surface area contributed by atoms with Crippen LogP contribution in [0.1, 0.15) is 12.0 Å². The Morgan fingerprint density at radius 1 is 0.886 bits per heavy atom. The number of hydrogen-bond donors (Lipinski definition) is 0. The first-order valence-electron chi connectivity index (χ1n) is 11.8. The number of piperazine rings is 1. The Morgan fingerprint density at radius 3 is 2.31 bits per heavy atom. The van der Waals surface area contributed by atoms with Crippen molar-refractivity contribution in [3.63, 3.8) is 0 Å². The quantitative estimate of drug-likeness (QED) is 0.335. The second kappa shape index (κ2) is 10.8. The summed E-state index contributed by atoms with van der Waals surface area (Å²) in [4.78, 5) is 16.9. The van der Waals surface area contributed by atoms with Gasteiger partial charge in [-0.15, -0.1) is 0 Å². The summed E-state index contributed by atoms with van der Waals surface area (Å²) in [6.07, 6.45) is 6.50. The van der Waals surface area contributed by atoms with E-state index in [2.05, 4.69) is 14.6 Å². The maximum Gasteiger partial charge on any atom is 0.223 e. The number of rotatable bonds is 8. The van der Waals surface area contributed by atoms with Crippen molar-refractivity contribution in [2.75, 3.05) is 36.8 Å². The first kappa shape index (κ1) is 23.2. The largest absolute Gasteiger partial charge is 0.368 e. The van der Waals surface area contributed by atoms with Crippen LogP contribution < -0.4 is 4.90 Å². The molecule has 0 aliphatic carbocycles. The van der Waals surface area contributed by atoms with Crippen LogP contribution in [0.3, 0.4) is 0 Å². The Morgan fingerprint density at radius 2 is 1.60 bits per heavy atom. The van der Waals surface area contributed by atoms with Gasteiger partial charge >= 0.3 is 0 Å². The van der Waals surface area contributed by atoms with Gasteiger partial charge in [0.25, 0.3) is 0 Å². The van der Waals surface area contributed by atoms with Gasteiger partial charge in [-0.25, -0.2) is 9.07 Å². The molecule has 0 saturated carbocycles. The maximum absolute atomic E-state index is 13.2. The average Bonchev–Trinajstić information content (AvgIpc) is 3.57. The Kier molecular flexibility index (Phi) is 7.18. The Hall–Kier alpha value is -3.52. The van der Waals surface area contributed by atoms with Gasteiger partial charge in [0.2, 0.25) is 5.91 Å². The lowest BCUT2D eigenvalue weighted by molar-refractivity contribution is -0.131. The smallest absolute Gasteiger partial charge is 0.223 e. The molecule has 1 amide bonds. The summed E-state index contributed by atoms with van der Waals surface area (Å²) >= 11 is 1.76. The van der Waals surface area contributed by atoms with Gasteiger partial charge in [0, 0.05) is 67.8 Å². The average molecular weight is 490 g/mol. The molecule has 6 nitrogen and oxygen atoms in total. The standard InChI is InChI=1S/C27H28FN5OS/c28-23-8-10-24(11-9-23)30-15-17-31(18-16-30)26(34)12-19-35-21-22-20-29-33(25-6-2-1-3-7-25)27(22)32-13-4-5-14-32/h1-11,13-14,20H,12,15-19,21H2. The first-order chi connectivity index (χ1) is 17.2. The Labute approximate surface area is 209 Å². The zero-order valence-electron chi connectivity index (χ0n) is 19.5. The van der Waals surface area contributed by atoms with Crippen molar-refractivity contribution in [2.24, 2.45) is 0 Å². The second-order valence-corrected chi connectivity index (χ2v) is 9.58. The van der Waals surface area contributed by atoms with Crippen LogP contribution in [0.2, 0.25) is 0 Å². The number of carbonyl (C=O) groups is 1. The molecule has 3 heterocycles. The molecular weight excluding hydrogens is 461 g/mol. The number of anilines is 1. The molecule has 1 saturated heterocycles. The molecule has 2 aromatic heterocycles. The minimum atomic E-state index is -0.229. The van der Waals surface area contributed by atoms with Crippen molar-refractivity contribution < 1.29 is 9.18 Å². The van der Waals surface area contributed by atoms with Crippen LogP contribution in [0.5, 0.6) is 0 Å². The summed E-state index contributed by atoms with van der Waals surface area (Å²) < 4.78 is 17.2. The summed E-state index contributed by atoms with van der Waals surface area (Å²) in [6.45, 7) is 2.93. The maximum atomic E-state index is 13.2. The van der Waals surface area contributed by atoms with Crippen LogP contribution in [-0.4, -0.2) is 57.1 Å². The van der Waals surface area contributed by atoms with Crippen molar-refractivity contribution in [3.05, 3.63) is 96.7 Å². The molecule has 1 aliphatic heterocycles. The van der Waals surface area contributed by atoms with Crippen molar-refractivity contribution >= 4 is 23.4 Å².